The molecule has 2 aliphatic carbocycles. The summed E-state index contributed by atoms with van der Waals surface area (Å²) in [6.07, 6.45) is 3.26. The van der Waals surface area contributed by atoms with E-state index in [1.165, 1.54) is 26.4 Å². The number of carboxylic acids is 1. The first kappa shape index (κ1) is 45.2. The van der Waals surface area contributed by atoms with Gasteiger partial charge in [-0.3, -0.25) is 25.5 Å². The summed E-state index contributed by atoms with van der Waals surface area (Å²) < 4.78 is 48.8. The number of ketones is 2. The molecular weight excluding hydrogens is 819 g/mol. The molecule has 292 valence electrons. The van der Waals surface area contributed by atoms with Gasteiger partial charge in [0.2, 0.25) is 5.78 Å². The number of methoxy groups -OCH3 is 2. The average molecular weight is 847 g/mol. The Hall–Kier alpha value is -5.84. The number of carboxylic acid groups (broad SMARTS) is 1. The van der Waals surface area contributed by atoms with Gasteiger partial charge < -0.3 is 29.7 Å². The number of aromatic nitrogens is 3. The van der Waals surface area contributed by atoms with Crippen LogP contribution in [0, 0.1) is 0 Å². The Morgan fingerprint density at radius 3 is 2.12 bits per heavy atom. The summed E-state index contributed by atoms with van der Waals surface area (Å²) in [5.41, 5.74) is 14.6. The maximum Gasteiger partial charge on any atom is 1.00 e. The van der Waals surface area contributed by atoms with E-state index in [9.17, 15) is 32.5 Å². The Kier molecular flexibility index (Phi) is 14.0. The van der Waals surface area contributed by atoms with Gasteiger partial charge in [-0.25, -0.2) is 8.42 Å². The van der Waals surface area contributed by atoms with Crippen molar-refractivity contribution in [3.63, 3.8) is 0 Å². The molecule has 4 aromatic carbocycles. The van der Waals surface area contributed by atoms with E-state index in [1.807, 2.05) is 0 Å². The number of nitrogens with one attached hydrogen (secondary N) is 3. The van der Waals surface area contributed by atoms with Gasteiger partial charge in [-0.05, 0) is 96.4 Å². The van der Waals surface area contributed by atoms with Crippen LogP contribution in [0.3, 0.4) is 0 Å². The molecule has 22 heteroatoms. The number of fused-ring (bicyclic) bond motifs is 2. The molecule has 0 saturated carbocycles. The molecule has 60 heavy (non-hydrogen) atoms. The summed E-state index contributed by atoms with van der Waals surface area (Å²) in [6.45, 7) is 1.61. The number of aromatic amines is 1. The van der Waals surface area contributed by atoms with Crippen LogP contribution in [0.25, 0.3) is 28.2 Å². The Balaban J connectivity index is 0.00000341. The van der Waals surface area contributed by atoms with Crippen molar-refractivity contribution in [3.05, 3.63) is 106 Å². The number of aliphatic carboxylic acids is 1. The molecule has 0 saturated heterocycles. The number of hydrogen-bond acceptors (Lipinski definition) is 18. The normalized spacial score (nSPS) is 15.1. The number of nitrogens with two attached hydrogens (primary N) is 1. The van der Waals surface area contributed by atoms with Crippen LogP contribution in [0.2, 0.25) is 0 Å². The minimum absolute atomic E-state index is 0. The molecule has 19 nitrogen and oxygen atoms in total. The summed E-state index contributed by atoms with van der Waals surface area (Å²) in [5, 5.41) is 38.3. The van der Waals surface area contributed by atoms with Crippen LogP contribution < -0.4 is 90.3 Å². The number of H-pyrrole nitrogens is 1. The molecule has 7 rings (SSSR count). The first-order chi connectivity index (χ1) is 27.7. The molecule has 1 aromatic heterocycles. The number of Topliss-reactive ketones (excluding diaryl/α,β-unsaturated/α-hetero) is 1. The number of hydrazone groups is 2. The topological polar surface area (TPSA) is 291 Å². The van der Waals surface area contributed by atoms with Gasteiger partial charge in [-0.2, -0.15) is 15.3 Å². The Bertz CT molecular complexity index is 2900. The molecule has 1 heterocycles. The van der Waals surface area contributed by atoms with E-state index in [-0.39, 0.29) is 98.8 Å². The first-order valence-corrected chi connectivity index (χ1v) is 18.2. The average Bonchev–Trinajstić information content (AvgIpc) is 3.67. The number of carbonyl (C=O) groups is 3. The van der Waals surface area contributed by atoms with Gasteiger partial charge in [0, 0.05) is 16.7 Å². The third kappa shape index (κ3) is 9.30. The van der Waals surface area contributed by atoms with Crippen molar-refractivity contribution >= 4 is 84.6 Å². The molecule has 0 aliphatic heterocycles. The number of azo groups is 1. The van der Waals surface area contributed by atoms with Gasteiger partial charge >= 0.3 is 59.1 Å². The van der Waals surface area contributed by atoms with Gasteiger partial charge in [-0.15, -0.1) is 10.2 Å². The minimum Gasteiger partial charge on any atom is -0.744 e. The molecule has 0 radical (unpaired) electrons. The summed E-state index contributed by atoms with van der Waals surface area (Å²) in [4.78, 5) is 36.2. The molecule has 2 aliphatic rings. The van der Waals surface area contributed by atoms with Crippen LogP contribution in [0.1, 0.15) is 22.8 Å². The van der Waals surface area contributed by atoms with Gasteiger partial charge in [0.15, 0.2) is 5.78 Å². The molecule has 5 N–H and O–H groups in total. The van der Waals surface area contributed by atoms with Crippen LogP contribution in [-0.2, 0) is 19.7 Å². The van der Waals surface area contributed by atoms with E-state index < -0.39 is 43.8 Å². The van der Waals surface area contributed by atoms with Gasteiger partial charge in [0.1, 0.15) is 38.5 Å². The van der Waals surface area contributed by atoms with Crippen molar-refractivity contribution in [1.82, 2.24) is 15.4 Å². The SMILES string of the molecule is COc1cc(-c2ccc(N/N=C3\C(=O)c4ccc(N)c(N=Nc5ccc6nn[nH]c6c5)c4C=C3S(=O)(=O)[O-])c(OC)c2)ccc1N/N=C1\C=C(C(=O)[O-])C(=O)C=C1C.[Na+].[Na+]. The van der Waals surface area contributed by atoms with Crippen molar-refractivity contribution in [3.8, 4) is 22.6 Å². The number of nitrogen functional groups attached to an aromatic ring is 1. The van der Waals surface area contributed by atoms with E-state index in [1.54, 1.807) is 61.5 Å². The van der Waals surface area contributed by atoms with Crippen molar-refractivity contribution in [2.24, 2.45) is 20.4 Å². The number of allylic oxidation sites excluding steroid dienone is 4. The maximum absolute atomic E-state index is 13.8. The molecule has 0 amide bonds. The fraction of sp³-hybridized carbons (Fsp3) is 0.0789. The number of nitrogens with zero attached hydrogens (tertiary/aromatic N) is 6. The fourth-order valence-corrected chi connectivity index (χ4v) is 6.57. The third-order valence-electron chi connectivity index (χ3n) is 8.90. The number of hydrogen-bond donors (Lipinski definition) is 4. The second-order valence-corrected chi connectivity index (χ2v) is 13.9. The van der Waals surface area contributed by atoms with Crippen LogP contribution in [0.15, 0.2) is 115 Å². The van der Waals surface area contributed by atoms with Gasteiger partial charge in [0.05, 0.1) is 59.1 Å². The second kappa shape index (κ2) is 18.6. The van der Waals surface area contributed by atoms with Crippen LogP contribution in [0.5, 0.6) is 11.5 Å². The Labute approximate surface area is 384 Å². The Morgan fingerprint density at radius 1 is 0.850 bits per heavy atom. The van der Waals surface area contributed by atoms with Crippen molar-refractivity contribution in [2.75, 3.05) is 30.8 Å². The third-order valence-corrected chi connectivity index (χ3v) is 9.75. The Morgan fingerprint density at radius 2 is 1.50 bits per heavy atom. The fourth-order valence-electron chi connectivity index (χ4n) is 5.93. The monoisotopic (exact) mass is 846 g/mol. The quantitative estimate of drug-likeness (QED) is 0.0217. The van der Waals surface area contributed by atoms with E-state index in [2.05, 4.69) is 46.7 Å². The first-order valence-electron chi connectivity index (χ1n) is 16.8. The number of rotatable bonds is 11. The van der Waals surface area contributed by atoms with Crippen LogP contribution in [-0.4, -0.2) is 71.6 Å². The maximum atomic E-state index is 13.8. The van der Waals surface area contributed by atoms with E-state index in [0.29, 0.717) is 44.9 Å². The minimum atomic E-state index is -5.27. The predicted octanol–water partition coefficient (Wildman–Crippen LogP) is -1.83. The zero-order valence-corrected chi connectivity index (χ0v) is 37.2. The smallest absolute Gasteiger partial charge is 0.744 e. The molecule has 5 aromatic rings. The summed E-state index contributed by atoms with van der Waals surface area (Å²) in [7, 11) is -2.44. The molecule has 0 atom stereocenters. The largest absolute Gasteiger partial charge is 1.00 e. The van der Waals surface area contributed by atoms with Crippen molar-refractivity contribution in [1.29, 1.82) is 0 Å². The number of anilines is 3. The predicted molar refractivity (Wildman–Crippen MR) is 210 cm³/mol. The molecule has 0 spiro atoms. The van der Waals surface area contributed by atoms with Crippen LogP contribution >= 0.6 is 0 Å². The second-order valence-electron chi connectivity index (χ2n) is 12.5. The molecule has 0 unspecified atom stereocenters. The number of benzene rings is 4. The van der Waals surface area contributed by atoms with E-state index >= 15 is 0 Å². The zero-order chi connectivity index (χ0) is 41.3. The summed E-state index contributed by atoms with van der Waals surface area (Å²) in [6, 6.07) is 17.7. The van der Waals surface area contributed by atoms with Gasteiger partial charge in [0.25, 0.3) is 0 Å². The van der Waals surface area contributed by atoms with Crippen LogP contribution in [0.4, 0.5) is 28.4 Å². The van der Waals surface area contributed by atoms with E-state index in [4.69, 9.17) is 15.2 Å². The summed E-state index contributed by atoms with van der Waals surface area (Å²) in [5.74, 6) is -2.59. The van der Waals surface area contributed by atoms with E-state index in [0.717, 1.165) is 18.2 Å². The standard InChI is InChI=1S/C38H30N10O9S.2Na/c1-18-12-31(49)24(38(51)52)16-29(18)43-41-27-9-4-19(13-32(27)56-2)20-5-10-28(33(14-20)57-3)42-47-36-34(58(53,54)55)17-23-22(37(36)50)7-8-25(39)35(23)46-40-21-6-11-26-30(15-21)45-48-44-26;;/h4-17,41-42H,39H2,1-3H3,(H,51,52)(H,44,45,48)(H,53,54,55);;/q;2*+1/p-2/b43-29+,46-40?,47-36-;;. The van der Waals surface area contributed by atoms with Crippen molar-refractivity contribution < 1.29 is 101 Å². The summed E-state index contributed by atoms with van der Waals surface area (Å²) >= 11 is 0. The zero-order valence-electron chi connectivity index (χ0n) is 32.4. The van der Waals surface area contributed by atoms with Crippen molar-refractivity contribution in [2.45, 2.75) is 6.92 Å². The number of carbonyl (C=O) groups excluding carboxylic acids is 3. The van der Waals surface area contributed by atoms with Gasteiger partial charge in [-0.1, -0.05) is 17.3 Å². The molecular formula is C38H28N10Na2O9S. The molecule has 0 bridgehead atoms. The molecule has 0 fully saturated rings. The number of ether oxygens (including phenoxy) is 2.